The summed E-state index contributed by atoms with van der Waals surface area (Å²) in [5.74, 6) is -2.03. The number of benzene rings is 1. The van der Waals surface area contributed by atoms with Crippen molar-refractivity contribution in [1.29, 1.82) is 0 Å². The molecule has 3 rings (SSSR count). The fourth-order valence-electron chi connectivity index (χ4n) is 2.77. The molecule has 1 aromatic heterocycles. The van der Waals surface area contributed by atoms with Crippen LogP contribution in [0.25, 0.3) is 0 Å². The Morgan fingerprint density at radius 1 is 1.15 bits per heavy atom. The predicted molar refractivity (Wildman–Crippen MR) is 91.6 cm³/mol. The molecule has 2 N–H and O–H groups in total. The van der Waals surface area contributed by atoms with Crippen LogP contribution in [0.3, 0.4) is 0 Å². The van der Waals surface area contributed by atoms with Crippen molar-refractivity contribution in [2.24, 2.45) is 11.1 Å². The van der Waals surface area contributed by atoms with Gasteiger partial charge in [-0.2, -0.15) is 0 Å². The third-order valence-electron chi connectivity index (χ3n) is 4.05. The second-order valence-corrected chi connectivity index (χ2v) is 7.41. The summed E-state index contributed by atoms with van der Waals surface area (Å²) in [5, 5.41) is 5.03. The quantitative estimate of drug-likeness (QED) is 0.612. The van der Waals surface area contributed by atoms with E-state index in [1.807, 2.05) is 0 Å². The number of hydrogen-bond acceptors (Lipinski definition) is 6. The molecule has 1 aromatic carbocycles. The first kappa shape index (κ1) is 17.9. The maximum Gasteiger partial charge on any atom is 0.238 e. The van der Waals surface area contributed by atoms with Crippen LogP contribution >= 0.6 is 0 Å². The number of anilines is 1. The van der Waals surface area contributed by atoms with Gasteiger partial charge in [0.25, 0.3) is 0 Å². The van der Waals surface area contributed by atoms with Crippen LogP contribution in [0.4, 0.5) is 5.69 Å². The highest BCUT2D eigenvalue weighted by Gasteiger charge is 2.40. The number of imide groups is 1. The van der Waals surface area contributed by atoms with Crippen molar-refractivity contribution in [3.8, 4) is 0 Å². The van der Waals surface area contributed by atoms with Crippen molar-refractivity contribution in [2.75, 3.05) is 4.90 Å². The number of nitrogens with zero attached hydrogens (tertiary/aromatic N) is 2. The first-order valence-electron chi connectivity index (χ1n) is 7.71. The standard InChI is InChI=1S/C17H15N3O5S/c18-26(24,25)13-6-4-12(5-7-13)20-16(22)10-11(17(20)23)9-15(21)14-3-1-2-8-19-14/h1-8,11H,9-10H2,(H2,18,24,25). The number of carbonyl (C=O) groups is 3. The number of rotatable bonds is 5. The van der Waals surface area contributed by atoms with Gasteiger partial charge in [-0.05, 0) is 36.4 Å². The van der Waals surface area contributed by atoms with Gasteiger partial charge in [-0.25, -0.2) is 13.6 Å². The minimum Gasteiger partial charge on any atom is -0.292 e. The molecule has 0 aliphatic carbocycles. The van der Waals surface area contributed by atoms with Gasteiger partial charge >= 0.3 is 0 Å². The van der Waals surface area contributed by atoms with Gasteiger partial charge < -0.3 is 0 Å². The molecule has 2 heterocycles. The summed E-state index contributed by atoms with van der Waals surface area (Å²) < 4.78 is 22.6. The lowest BCUT2D eigenvalue weighted by Gasteiger charge is -2.15. The molecule has 0 spiro atoms. The molecule has 1 fully saturated rings. The smallest absolute Gasteiger partial charge is 0.238 e. The molecule has 1 atom stereocenters. The van der Waals surface area contributed by atoms with Crippen LogP contribution in [0.2, 0.25) is 0 Å². The molecule has 1 aliphatic heterocycles. The fourth-order valence-corrected chi connectivity index (χ4v) is 3.28. The predicted octanol–water partition coefficient (Wildman–Crippen LogP) is 0.881. The monoisotopic (exact) mass is 373 g/mol. The van der Waals surface area contributed by atoms with E-state index in [0.717, 1.165) is 4.90 Å². The highest BCUT2D eigenvalue weighted by molar-refractivity contribution is 7.89. The zero-order chi connectivity index (χ0) is 18.9. The van der Waals surface area contributed by atoms with Crippen LogP contribution < -0.4 is 10.0 Å². The largest absolute Gasteiger partial charge is 0.292 e. The molecule has 134 valence electrons. The number of hydrogen-bond donors (Lipinski definition) is 1. The van der Waals surface area contributed by atoms with Gasteiger partial charge in [-0.3, -0.25) is 24.3 Å². The van der Waals surface area contributed by atoms with Gasteiger partial charge in [-0.1, -0.05) is 6.07 Å². The Labute approximate surface area is 149 Å². The number of aromatic nitrogens is 1. The SMILES string of the molecule is NS(=O)(=O)c1ccc(N2C(=O)CC(CC(=O)c3ccccn3)C2=O)cc1. The Morgan fingerprint density at radius 2 is 1.85 bits per heavy atom. The van der Waals surface area contributed by atoms with Crippen LogP contribution in [-0.4, -0.2) is 31.0 Å². The van der Waals surface area contributed by atoms with Crippen molar-refractivity contribution in [3.63, 3.8) is 0 Å². The minimum atomic E-state index is -3.87. The van der Waals surface area contributed by atoms with E-state index in [9.17, 15) is 22.8 Å². The Kier molecular flexibility index (Phi) is 4.66. The normalized spacial score (nSPS) is 17.6. The van der Waals surface area contributed by atoms with Crippen molar-refractivity contribution < 1.29 is 22.8 Å². The number of ketones is 1. The molecule has 2 amide bonds. The van der Waals surface area contributed by atoms with E-state index < -0.39 is 27.8 Å². The summed E-state index contributed by atoms with van der Waals surface area (Å²) in [7, 11) is -3.87. The number of carbonyl (C=O) groups excluding carboxylic acids is 3. The Bertz CT molecular complexity index is 971. The average molecular weight is 373 g/mol. The molecular formula is C17H15N3O5S. The van der Waals surface area contributed by atoms with Gasteiger partial charge in [0.05, 0.1) is 16.5 Å². The van der Waals surface area contributed by atoms with Gasteiger partial charge in [-0.15, -0.1) is 0 Å². The van der Waals surface area contributed by atoms with E-state index in [-0.39, 0.29) is 34.9 Å². The number of primary sulfonamides is 1. The molecule has 2 aromatic rings. The van der Waals surface area contributed by atoms with Gasteiger partial charge in [0.2, 0.25) is 21.8 Å². The summed E-state index contributed by atoms with van der Waals surface area (Å²) in [6.07, 6.45) is 1.27. The van der Waals surface area contributed by atoms with E-state index in [0.29, 0.717) is 0 Å². The van der Waals surface area contributed by atoms with Gasteiger partial charge in [0.15, 0.2) is 5.78 Å². The molecule has 1 saturated heterocycles. The number of amides is 2. The van der Waals surface area contributed by atoms with Gasteiger partial charge in [0.1, 0.15) is 5.69 Å². The first-order valence-corrected chi connectivity index (χ1v) is 9.26. The Morgan fingerprint density at radius 3 is 2.42 bits per heavy atom. The number of pyridine rings is 1. The third-order valence-corrected chi connectivity index (χ3v) is 4.98. The van der Waals surface area contributed by atoms with Gasteiger partial charge in [0, 0.05) is 19.0 Å². The third kappa shape index (κ3) is 3.53. The minimum absolute atomic E-state index is 0.0889. The van der Waals surface area contributed by atoms with E-state index in [1.165, 1.54) is 30.5 Å². The molecule has 0 bridgehead atoms. The Hall–Kier alpha value is -2.91. The molecule has 8 nitrogen and oxygen atoms in total. The molecule has 0 saturated carbocycles. The van der Waals surface area contributed by atoms with Crippen molar-refractivity contribution >= 4 is 33.3 Å². The highest BCUT2D eigenvalue weighted by Crippen LogP contribution is 2.29. The first-order chi connectivity index (χ1) is 12.3. The van der Waals surface area contributed by atoms with Crippen molar-refractivity contribution in [1.82, 2.24) is 4.98 Å². The lowest BCUT2D eigenvalue weighted by molar-refractivity contribution is -0.122. The summed E-state index contributed by atoms with van der Waals surface area (Å²) in [6, 6.07) is 9.99. The number of Topliss-reactive ketones (excluding diaryl/α,β-unsaturated/α-hetero) is 1. The summed E-state index contributed by atoms with van der Waals surface area (Å²) >= 11 is 0. The van der Waals surface area contributed by atoms with E-state index >= 15 is 0 Å². The molecule has 0 radical (unpaired) electrons. The average Bonchev–Trinajstić information content (AvgIpc) is 2.88. The maximum atomic E-state index is 12.6. The summed E-state index contributed by atoms with van der Waals surface area (Å²) in [6.45, 7) is 0. The molecule has 1 aliphatic rings. The second kappa shape index (κ2) is 6.77. The zero-order valence-corrected chi connectivity index (χ0v) is 14.3. The zero-order valence-electron chi connectivity index (χ0n) is 13.5. The van der Waals surface area contributed by atoms with Crippen molar-refractivity contribution in [2.45, 2.75) is 17.7 Å². The second-order valence-electron chi connectivity index (χ2n) is 5.85. The van der Waals surface area contributed by atoms with E-state index in [2.05, 4.69) is 4.98 Å². The maximum absolute atomic E-state index is 12.6. The number of nitrogens with two attached hydrogens (primary N) is 1. The van der Waals surface area contributed by atoms with Crippen LogP contribution in [0.5, 0.6) is 0 Å². The lowest BCUT2D eigenvalue weighted by Crippen LogP contribution is -2.31. The summed E-state index contributed by atoms with van der Waals surface area (Å²) in [5.41, 5.74) is 0.476. The summed E-state index contributed by atoms with van der Waals surface area (Å²) in [4.78, 5) is 41.8. The highest BCUT2D eigenvalue weighted by atomic mass is 32.2. The number of sulfonamides is 1. The Balaban J connectivity index is 1.78. The van der Waals surface area contributed by atoms with Crippen LogP contribution in [0.1, 0.15) is 23.3 Å². The lowest BCUT2D eigenvalue weighted by atomic mass is 9.99. The van der Waals surface area contributed by atoms with E-state index in [4.69, 9.17) is 5.14 Å². The van der Waals surface area contributed by atoms with Crippen LogP contribution in [0.15, 0.2) is 53.6 Å². The fraction of sp³-hybridized carbons (Fsp3) is 0.176. The van der Waals surface area contributed by atoms with Crippen LogP contribution in [0, 0.1) is 5.92 Å². The molecular weight excluding hydrogens is 358 g/mol. The van der Waals surface area contributed by atoms with Crippen molar-refractivity contribution in [3.05, 3.63) is 54.4 Å². The van der Waals surface area contributed by atoms with E-state index in [1.54, 1.807) is 18.2 Å². The van der Waals surface area contributed by atoms with Crippen LogP contribution in [-0.2, 0) is 19.6 Å². The topological polar surface area (TPSA) is 128 Å². The molecule has 9 heteroatoms. The molecule has 26 heavy (non-hydrogen) atoms. The molecule has 1 unspecified atom stereocenters.